The normalized spacial score (nSPS) is 11.6. The van der Waals surface area contributed by atoms with E-state index in [0.717, 1.165) is 0 Å². The number of aliphatic hydroxyl groups excluding tert-OH is 1. The summed E-state index contributed by atoms with van der Waals surface area (Å²) in [5.41, 5.74) is 0.567. The maximum absolute atomic E-state index is 12.2. The average Bonchev–Trinajstić information content (AvgIpc) is 2.56. The van der Waals surface area contributed by atoms with E-state index in [1.807, 2.05) is 6.07 Å². The molecule has 0 aliphatic heterocycles. The number of esters is 1. The van der Waals surface area contributed by atoms with Crippen molar-refractivity contribution < 1.29 is 24.2 Å². The van der Waals surface area contributed by atoms with Gasteiger partial charge < -0.3 is 14.7 Å². The van der Waals surface area contributed by atoms with Gasteiger partial charge in [-0.05, 0) is 6.92 Å². The second kappa shape index (κ2) is 9.74. The third-order valence-electron chi connectivity index (χ3n) is 3.31. The Hall–Kier alpha value is -2.21. The van der Waals surface area contributed by atoms with Gasteiger partial charge in [0.05, 0.1) is 19.6 Å². The largest absolute Gasteiger partial charge is 0.469 e. The molecular formula is C17H23NO5. The minimum absolute atomic E-state index is 0.0433. The molecule has 0 radical (unpaired) electrons. The number of Topliss-reactive ketones (excluding diaryl/α,β-unsaturated/α-hetero) is 1. The second-order valence-electron chi connectivity index (χ2n) is 5.30. The van der Waals surface area contributed by atoms with Crippen molar-refractivity contribution in [3.63, 3.8) is 0 Å². The Morgan fingerprint density at radius 2 is 1.78 bits per heavy atom. The number of hydrogen-bond donors (Lipinski definition) is 1. The molecule has 126 valence electrons. The zero-order chi connectivity index (χ0) is 17.2. The van der Waals surface area contributed by atoms with E-state index in [9.17, 15) is 19.5 Å². The van der Waals surface area contributed by atoms with Crippen molar-refractivity contribution in [2.45, 2.75) is 32.3 Å². The third kappa shape index (κ3) is 7.06. The van der Waals surface area contributed by atoms with E-state index >= 15 is 0 Å². The molecule has 1 N–H and O–H groups in total. The smallest absolute Gasteiger partial charge is 0.307 e. The van der Waals surface area contributed by atoms with Crippen LogP contribution in [0, 0.1) is 0 Å². The number of ether oxygens (including phenoxy) is 1. The van der Waals surface area contributed by atoms with Crippen LogP contribution in [0.5, 0.6) is 0 Å². The van der Waals surface area contributed by atoms with E-state index in [1.165, 1.54) is 12.0 Å². The Bertz CT molecular complexity index is 527. The zero-order valence-electron chi connectivity index (χ0n) is 13.5. The van der Waals surface area contributed by atoms with E-state index in [2.05, 4.69) is 4.74 Å². The summed E-state index contributed by atoms with van der Waals surface area (Å²) in [4.78, 5) is 36.8. The highest BCUT2D eigenvalue weighted by Gasteiger charge is 2.18. The van der Waals surface area contributed by atoms with Gasteiger partial charge in [-0.15, -0.1) is 0 Å². The van der Waals surface area contributed by atoms with Gasteiger partial charge in [0.1, 0.15) is 0 Å². The predicted molar refractivity (Wildman–Crippen MR) is 84.9 cm³/mol. The highest BCUT2D eigenvalue weighted by atomic mass is 16.5. The number of hydrogen-bond acceptors (Lipinski definition) is 5. The first-order valence-electron chi connectivity index (χ1n) is 7.55. The number of benzene rings is 1. The predicted octanol–water partition coefficient (Wildman–Crippen LogP) is 1.42. The average molecular weight is 321 g/mol. The molecule has 6 nitrogen and oxygen atoms in total. The van der Waals surface area contributed by atoms with Gasteiger partial charge in [0.15, 0.2) is 5.78 Å². The summed E-state index contributed by atoms with van der Waals surface area (Å²) < 4.78 is 4.55. The van der Waals surface area contributed by atoms with E-state index in [4.69, 9.17) is 0 Å². The quantitative estimate of drug-likeness (QED) is 0.549. The third-order valence-corrected chi connectivity index (χ3v) is 3.31. The number of methoxy groups -OCH3 is 1. The summed E-state index contributed by atoms with van der Waals surface area (Å²) in [5, 5.41) is 9.47. The first kappa shape index (κ1) is 18.8. The van der Waals surface area contributed by atoms with Crippen LogP contribution in [0.3, 0.4) is 0 Å². The monoisotopic (exact) mass is 321 g/mol. The van der Waals surface area contributed by atoms with Crippen LogP contribution in [0.4, 0.5) is 0 Å². The lowest BCUT2D eigenvalue weighted by atomic mass is 10.1. The molecule has 1 aromatic carbocycles. The molecule has 0 bridgehead atoms. The molecule has 23 heavy (non-hydrogen) atoms. The molecule has 0 aliphatic rings. The van der Waals surface area contributed by atoms with Crippen LogP contribution in [0.25, 0.3) is 0 Å². The minimum atomic E-state index is -0.707. The van der Waals surface area contributed by atoms with Crippen LogP contribution < -0.4 is 0 Å². The summed E-state index contributed by atoms with van der Waals surface area (Å²) in [6.07, 6.45) is -0.512. The Labute approximate surface area is 136 Å². The van der Waals surface area contributed by atoms with Gasteiger partial charge in [-0.1, -0.05) is 30.3 Å². The molecule has 0 aliphatic carbocycles. The molecule has 0 saturated carbocycles. The number of carbonyl (C=O) groups excluding carboxylic acids is 3. The number of nitrogens with zero attached hydrogens (tertiary/aromatic N) is 1. The lowest BCUT2D eigenvalue weighted by Gasteiger charge is -2.23. The summed E-state index contributed by atoms with van der Waals surface area (Å²) in [7, 11) is 1.28. The molecule has 0 fully saturated rings. The Kier molecular flexibility index (Phi) is 7.97. The van der Waals surface area contributed by atoms with Crippen LogP contribution in [0.15, 0.2) is 30.3 Å². The molecule has 1 aromatic rings. The molecule has 1 rings (SSSR count). The molecule has 1 atom stereocenters. The summed E-state index contributed by atoms with van der Waals surface area (Å²) in [6.45, 7) is 1.85. The fourth-order valence-corrected chi connectivity index (χ4v) is 2.11. The summed E-state index contributed by atoms with van der Waals surface area (Å²) in [6, 6.07) is 8.77. The first-order valence-corrected chi connectivity index (χ1v) is 7.55. The molecular weight excluding hydrogens is 298 g/mol. The van der Waals surface area contributed by atoms with Crippen molar-refractivity contribution in [3.05, 3.63) is 35.9 Å². The molecule has 1 amide bonds. The first-order chi connectivity index (χ1) is 10.9. The minimum Gasteiger partial charge on any atom is -0.469 e. The Balaban J connectivity index is 2.55. The van der Waals surface area contributed by atoms with Gasteiger partial charge in [0.25, 0.3) is 0 Å². The van der Waals surface area contributed by atoms with Crippen LogP contribution in [-0.4, -0.2) is 54.0 Å². The molecule has 0 spiro atoms. The van der Waals surface area contributed by atoms with Crippen molar-refractivity contribution in [1.82, 2.24) is 4.90 Å². The van der Waals surface area contributed by atoms with Gasteiger partial charge in [0, 0.05) is 31.5 Å². The fraction of sp³-hybridized carbons (Fsp3) is 0.471. The van der Waals surface area contributed by atoms with Crippen molar-refractivity contribution in [1.29, 1.82) is 0 Å². The van der Waals surface area contributed by atoms with Gasteiger partial charge in [0.2, 0.25) is 5.91 Å². The molecule has 0 saturated heterocycles. The van der Waals surface area contributed by atoms with E-state index < -0.39 is 12.1 Å². The number of rotatable bonds is 9. The van der Waals surface area contributed by atoms with Crippen LogP contribution in [-0.2, 0) is 14.3 Å². The van der Waals surface area contributed by atoms with Gasteiger partial charge in [-0.3, -0.25) is 14.4 Å². The van der Waals surface area contributed by atoms with Crippen LogP contribution in [0.1, 0.15) is 36.5 Å². The molecule has 0 aromatic heterocycles. The highest BCUT2D eigenvalue weighted by molar-refractivity contribution is 5.97. The Morgan fingerprint density at radius 1 is 1.13 bits per heavy atom. The lowest BCUT2D eigenvalue weighted by Crippen LogP contribution is -2.38. The standard InChI is InChI=1S/C17H23NO5/c1-13(19)12-18(11-10-17(22)23-2)16(21)9-8-15(20)14-6-4-3-5-7-14/h3-7,13,19H,8-12H2,1-2H3. The van der Waals surface area contributed by atoms with Crippen molar-refractivity contribution in [2.75, 3.05) is 20.2 Å². The maximum atomic E-state index is 12.2. The number of aliphatic hydroxyl groups is 1. The fourth-order valence-electron chi connectivity index (χ4n) is 2.11. The number of amides is 1. The highest BCUT2D eigenvalue weighted by Crippen LogP contribution is 2.08. The maximum Gasteiger partial charge on any atom is 0.307 e. The Morgan fingerprint density at radius 3 is 2.35 bits per heavy atom. The summed E-state index contributed by atoms with van der Waals surface area (Å²) in [5.74, 6) is -0.795. The van der Waals surface area contributed by atoms with Crippen LogP contribution >= 0.6 is 0 Å². The van der Waals surface area contributed by atoms with Gasteiger partial charge in [-0.25, -0.2) is 0 Å². The second-order valence-corrected chi connectivity index (χ2v) is 5.30. The summed E-state index contributed by atoms with van der Waals surface area (Å²) >= 11 is 0. The van der Waals surface area contributed by atoms with Crippen molar-refractivity contribution >= 4 is 17.7 Å². The number of ketones is 1. The lowest BCUT2D eigenvalue weighted by molar-refractivity contribution is -0.142. The van der Waals surface area contributed by atoms with E-state index in [0.29, 0.717) is 5.56 Å². The van der Waals surface area contributed by atoms with Crippen molar-refractivity contribution in [3.8, 4) is 0 Å². The van der Waals surface area contributed by atoms with Gasteiger partial charge >= 0.3 is 5.97 Å². The van der Waals surface area contributed by atoms with E-state index in [1.54, 1.807) is 31.2 Å². The zero-order valence-corrected chi connectivity index (χ0v) is 13.5. The SMILES string of the molecule is COC(=O)CCN(CC(C)O)C(=O)CCC(=O)c1ccccc1. The van der Waals surface area contributed by atoms with Crippen molar-refractivity contribution in [2.24, 2.45) is 0 Å². The molecule has 0 heterocycles. The van der Waals surface area contributed by atoms with E-state index in [-0.39, 0.29) is 44.0 Å². The van der Waals surface area contributed by atoms with Gasteiger partial charge in [-0.2, -0.15) is 0 Å². The molecule has 6 heteroatoms. The molecule has 1 unspecified atom stereocenters. The number of carbonyl (C=O) groups is 3. The topological polar surface area (TPSA) is 83.9 Å². The van der Waals surface area contributed by atoms with Crippen LogP contribution in [0.2, 0.25) is 0 Å².